The van der Waals surface area contributed by atoms with Crippen molar-refractivity contribution in [2.24, 2.45) is 17.8 Å². The zero-order valence-corrected chi connectivity index (χ0v) is 10.7. The Hall–Kier alpha value is -1.58. The van der Waals surface area contributed by atoms with E-state index in [9.17, 15) is 9.18 Å². The number of halogens is 1. The van der Waals surface area contributed by atoms with E-state index in [-0.39, 0.29) is 5.56 Å². The Morgan fingerprint density at radius 2 is 1.95 bits per heavy atom. The molecule has 2 N–H and O–H groups in total. The van der Waals surface area contributed by atoms with Gasteiger partial charge in [0.05, 0.1) is 5.56 Å². The van der Waals surface area contributed by atoms with Crippen LogP contribution in [-0.2, 0) is 0 Å². The molecule has 3 rings (SSSR count). The van der Waals surface area contributed by atoms with Gasteiger partial charge in [-0.15, -0.1) is 0 Å². The second-order valence-electron chi connectivity index (χ2n) is 5.72. The van der Waals surface area contributed by atoms with Crippen molar-refractivity contribution in [1.29, 1.82) is 0 Å². The summed E-state index contributed by atoms with van der Waals surface area (Å²) in [7, 11) is 0. The number of rotatable bonds is 6. The van der Waals surface area contributed by atoms with Crippen molar-refractivity contribution >= 4 is 11.7 Å². The lowest BCUT2D eigenvalue weighted by molar-refractivity contribution is 0.0692. The zero-order valence-electron chi connectivity index (χ0n) is 10.7. The predicted octanol–water partition coefficient (Wildman–Crippen LogP) is 3.37. The number of anilines is 1. The highest BCUT2D eigenvalue weighted by atomic mass is 19.1. The van der Waals surface area contributed by atoms with Crippen LogP contribution in [0.15, 0.2) is 18.2 Å². The van der Waals surface area contributed by atoms with Crippen LogP contribution in [0, 0.1) is 23.6 Å². The van der Waals surface area contributed by atoms with Crippen LogP contribution in [0.25, 0.3) is 0 Å². The molecule has 2 saturated carbocycles. The lowest BCUT2D eigenvalue weighted by atomic mass is 9.98. The van der Waals surface area contributed by atoms with Gasteiger partial charge >= 0.3 is 5.97 Å². The third-order valence-corrected chi connectivity index (χ3v) is 4.20. The predicted molar refractivity (Wildman–Crippen MR) is 70.8 cm³/mol. The fourth-order valence-corrected chi connectivity index (χ4v) is 2.80. The van der Waals surface area contributed by atoms with Crippen LogP contribution < -0.4 is 5.32 Å². The molecular formula is C15H18FNO2. The lowest BCUT2D eigenvalue weighted by Gasteiger charge is -2.17. The summed E-state index contributed by atoms with van der Waals surface area (Å²) in [6.07, 6.45) is 5.31. The molecule has 0 bridgehead atoms. The van der Waals surface area contributed by atoms with Crippen LogP contribution in [0.2, 0.25) is 0 Å². The summed E-state index contributed by atoms with van der Waals surface area (Å²) in [5.41, 5.74) is 0.403. The van der Waals surface area contributed by atoms with Gasteiger partial charge < -0.3 is 10.4 Å². The third kappa shape index (κ3) is 2.88. The fraction of sp³-hybridized carbons (Fsp3) is 0.533. The van der Waals surface area contributed by atoms with Crippen LogP contribution in [0.4, 0.5) is 10.1 Å². The number of aromatic carboxylic acids is 1. The Kier molecular flexibility index (Phi) is 3.17. The molecule has 0 amide bonds. The molecule has 0 saturated heterocycles. The second-order valence-corrected chi connectivity index (χ2v) is 5.72. The van der Waals surface area contributed by atoms with Crippen LogP contribution in [-0.4, -0.2) is 17.6 Å². The standard InChI is InChI=1S/C15H18FNO2/c16-14-7-11(5-6-12(14)15(18)19)17-8-13(9-1-2-9)10-3-4-10/h5-7,9-10,13,17H,1-4,8H2,(H,18,19). The van der Waals surface area contributed by atoms with Crippen molar-refractivity contribution in [1.82, 2.24) is 0 Å². The highest BCUT2D eigenvalue weighted by molar-refractivity contribution is 5.88. The number of carbonyl (C=O) groups is 1. The molecule has 3 nitrogen and oxygen atoms in total. The molecule has 102 valence electrons. The van der Waals surface area contributed by atoms with Gasteiger partial charge in [-0.1, -0.05) is 0 Å². The van der Waals surface area contributed by atoms with E-state index >= 15 is 0 Å². The monoisotopic (exact) mass is 263 g/mol. The summed E-state index contributed by atoms with van der Waals surface area (Å²) in [6, 6.07) is 4.24. The van der Waals surface area contributed by atoms with Crippen molar-refractivity contribution in [2.75, 3.05) is 11.9 Å². The molecule has 19 heavy (non-hydrogen) atoms. The summed E-state index contributed by atoms with van der Waals surface area (Å²) in [6.45, 7) is 0.876. The van der Waals surface area contributed by atoms with E-state index in [1.807, 2.05) is 0 Å². The van der Waals surface area contributed by atoms with Gasteiger partial charge in [0, 0.05) is 12.2 Å². The minimum Gasteiger partial charge on any atom is -0.478 e. The maximum atomic E-state index is 13.5. The lowest BCUT2D eigenvalue weighted by Crippen LogP contribution is -2.18. The quantitative estimate of drug-likeness (QED) is 0.827. The molecule has 0 aliphatic heterocycles. The van der Waals surface area contributed by atoms with Gasteiger partial charge in [0.25, 0.3) is 0 Å². The molecule has 0 aromatic heterocycles. The van der Waals surface area contributed by atoms with E-state index < -0.39 is 11.8 Å². The first-order valence-corrected chi connectivity index (χ1v) is 6.92. The third-order valence-electron chi connectivity index (χ3n) is 4.20. The summed E-state index contributed by atoms with van der Waals surface area (Å²) < 4.78 is 13.5. The molecule has 0 unspecified atom stereocenters. The largest absolute Gasteiger partial charge is 0.478 e. The summed E-state index contributed by atoms with van der Waals surface area (Å²) in [5.74, 6) is 0.512. The molecule has 2 aliphatic carbocycles. The summed E-state index contributed by atoms with van der Waals surface area (Å²) >= 11 is 0. The van der Waals surface area contributed by atoms with Crippen LogP contribution in [0.3, 0.4) is 0 Å². The number of hydrogen-bond acceptors (Lipinski definition) is 2. The van der Waals surface area contributed by atoms with Crippen LogP contribution in [0.5, 0.6) is 0 Å². The second kappa shape index (κ2) is 4.83. The first-order valence-electron chi connectivity index (χ1n) is 6.92. The van der Waals surface area contributed by atoms with E-state index in [1.54, 1.807) is 6.07 Å². The summed E-state index contributed by atoms with van der Waals surface area (Å²) in [4.78, 5) is 10.7. The van der Waals surface area contributed by atoms with Gasteiger partial charge in [-0.25, -0.2) is 9.18 Å². The van der Waals surface area contributed by atoms with E-state index in [4.69, 9.17) is 5.11 Å². The van der Waals surface area contributed by atoms with Gasteiger partial charge in [0.15, 0.2) is 0 Å². The molecule has 0 radical (unpaired) electrons. The van der Waals surface area contributed by atoms with E-state index in [0.717, 1.165) is 18.4 Å². The Morgan fingerprint density at radius 3 is 2.42 bits per heavy atom. The zero-order chi connectivity index (χ0) is 13.4. The number of benzene rings is 1. The normalized spacial score (nSPS) is 18.6. The highest BCUT2D eigenvalue weighted by Gasteiger charge is 2.40. The van der Waals surface area contributed by atoms with Crippen molar-refractivity contribution in [3.05, 3.63) is 29.6 Å². The first kappa shape index (κ1) is 12.5. The van der Waals surface area contributed by atoms with Gasteiger partial charge in [0.1, 0.15) is 5.82 Å². The summed E-state index contributed by atoms with van der Waals surface area (Å²) in [5, 5.41) is 12.0. The van der Waals surface area contributed by atoms with E-state index in [1.165, 1.54) is 37.8 Å². The van der Waals surface area contributed by atoms with Crippen LogP contribution >= 0.6 is 0 Å². The number of nitrogens with one attached hydrogen (secondary N) is 1. The van der Waals surface area contributed by atoms with Crippen molar-refractivity contribution in [2.45, 2.75) is 25.7 Å². The first-order chi connectivity index (χ1) is 9.15. The average molecular weight is 263 g/mol. The molecule has 4 heteroatoms. The minimum atomic E-state index is -1.22. The molecular weight excluding hydrogens is 245 g/mol. The number of carboxylic acids is 1. The Labute approximate surface area is 111 Å². The van der Waals surface area contributed by atoms with Gasteiger partial charge in [-0.2, -0.15) is 0 Å². The maximum absolute atomic E-state index is 13.5. The molecule has 0 heterocycles. The van der Waals surface area contributed by atoms with Crippen molar-refractivity contribution < 1.29 is 14.3 Å². The minimum absolute atomic E-state index is 0.272. The van der Waals surface area contributed by atoms with Gasteiger partial charge in [-0.05, 0) is 61.6 Å². The highest BCUT2D eigenvalue weighted by Crippen LogP contribution is 2.49. The molecule has 2 aliphatic rings. The Balaban J connectivity index is 1.63. The molecule has 1 aromatic carbocycles. The van der Waals surface area contributed by atoms with Crippen molar-refractivity contribution in [3.8, 4) is 0 Å². The molecule has 1 aromatic rings. The fourth-order valence-electron chi connectivity index (χ4n) is 2.80. The molecule has 0 atom stereocenters. The topological polar surface area (TPSA) is 49.3 Å². The SMILES string of the molecule is O=C(O)c1ccc(NCC(C2CC2)C2CC2)cc1F. The van der Waals surface area contributed by atoms with Gasteiger partial charge in [-0.3, -0.25) is 0 Å². The average Bonchev–Trinajstić information content (AvgIpc) is 3.23. The number of hydrogen-bond donors (Lipinski definition) is 2. The van der Waals surface area contributed by atoms with Crippen LogP contribution in [0.1, 0.15) is 36.0 Å². The Morgan fingerprint density at radius 1 is 1.32 bits per heavy atom. The van der Waals surface area contributed by atoms with Crippen molar-refractivity contribution in [3.63, 3.8) is 0 Å². The molecule has 2 fully saturated rings. The number of carboxylic acid groups (broad SMARTS) is 1. The maximum Gasteiger partial charge on any atom is 0.338 e. The van der Waals surface area contributed by atoms with E-state index in [2.05, 4.69) is 5.32 Å². The van der Waals surface area contributed by atoms with E-state index in [0.29, 0.717) is 11.6 Å². The smallest absolute Gasteiger partial charge is 0.338 e. The Bertz CT molecular complexity index is 483. The molecule has 0 spiro atoms. The van der Waals surface area contributed by atoms with Gasteiger partial charge in [0.2, 0.25) is 0 Å².